The summed E-state index contributed by atoms with van der Waals surface area (Å²) in [5.41, 5.74) is 0. The number of amides is 2. The summed E-state index contributed by atoms with van der Waals surface area (Å²) < 4.78 is 5.37. The van der Waals surface area contributed by atoms with E-state index in [4.69, 9.17) is 4.42 Å². The topological polar surface area (TPSA) is 53.8 Å². The van der Waals surface area contributed by atoms with Gasteiger partial charge < -0.3 is 14.2 Å². The van der Waals surface area contributed by atoms with Crippen LogP contribution in [0, 0.1) is 0 Å². The first-order chi connectivity index (χ1) is 10.2. The Kier molecular flexibility index (Phi) is 3.99. The number of furan rings is 1. The maximum Gasteiger partial charge on any atom is 0.245 e. The Morgan fingerprint density at radius 3 is 2.95 bits per heavy atom. The predicted octanol–water partition coefficient (Wildman–Crippen LogP) is 1.82. The fraction of sp³-hybridized carbons (Fsp3) is 0.625. The summed E-state index contributed by atoms with van der Waals surface area (Å²) in [6.07, 6.45) is 5.62. The van der Waals surface area contributed by atoms with Gasteiger partial charge in [0.15, 0.2) is 0 Å². The van der Waals surface area contributed by atoms with Crippen LogP contribution in [0.15, 0.2) is 22.8 Å². The van der Waals surface area contributed by atoms with Gasteiger partial charge in [0.05, 0.1) is 6.26 Å². The molecular formula is C16H22N2O3. The fourth-order valence-corrected chi connectivity index (χ4v) is 3.42. The van der Waals surface area contributed by atoms with Crippen LogP contribution >= 0.6 is 0 Å². The van der Waals surface area contributed by atoms with Crippen LogP contribution in [0.1, 0.15) is 38.4 Å². The number of carbonyl (C=O) groups excluding carboxylic acids is 2. The molecule has 5 nitrogen and oxygen atoms in total. The smallest absolute Gasteiger partial charge is 0.245 e. The number of fused-ring (bicyclic) bond motifs is 1. The second-order valence-corrected chi connectivity index (χ2v) is 6.01. The third kappa shape index (κ3) is 2.82. The highest BCUT2D eigenvalue weighted by Gasteiger charge is 2.39. The second kappa shape index (κ2) is 5.92. The minimum absolute atomic E-state index is 0.0540. The molecule has 0 aliphatic carbocycles. The molecule has 0 aromatic carbocycles. The van der Waals surface area contributed by atoms with Crippen LogP contribution < -0.4 is 0 Å². The molecule has 0 radical (unpaired) electrons. The van der Waals surface area contributed by atoms with Gasteiger partial charge in [-0.25, -0.2) is 0 Å². The van der Waals surface area contributed by atoms with Crippen LogP contribution in [0.4, 0.5) is 0 Å². The van der Waals surface area contributed by atoms with Gasteiger partial charge in [-0.1, -0.05) is 0 Å². The van der Waals surface area contributed by atoms with E-state index in [1.807, 2.05) is 24.0 Å². The fourth-order valence-electron chi connectivity index (χ4n) is 3.42. The minimum Gasteiger partial charge on any atom is -0.469 e. The van der Waals surface area contributed by atoms with E-state index in [2.05, 4.69) is 0 Å². The molecule has 2 atom stereocenters. The van der Waals surface area contributed by atoms with Gasteiger partial charge in [0.1, 0.15) is 11.8 Å². The van der Waals surface area contributed by atoms with Crippen LogP contribution in [-0.2, 0) is 16.0 Å². The van der Waals surface area contributed by atoms with Crippen molar-refractivity contribution < 1.29 is 14.0 Å². The molecule has 1 aromatic rings. The standard InChI is InChI=1S/C16H22N2O3/c1-12(11-13-5-4-10-21-13)17-9-7-15(19)18-8-3-2-6-14(18)16(17)20/h4-5,10,12,14H,2-3,6-9,11H2,1H3. The Labute approximate surface area is 124 Å². The molecule has 5 heteroatoms. The first-order valence-corrected chi connectivity index (χ1v) is 7.79. The molecule has 2 fully saturated rings. The zero-order valence-corrected chi connectivity index (χ0v) is 12.5. The number of nitrogens with zero attached hydrogens (tertiary/aromatic N) is 2. The average molecular weight is 290 g/mol. The maximum atomic E-state index is 12.8. The largest absolute Gasteiger partial charge is 0.469 e. The van der Waals surface area contributed by atoms with E-state index >= 15 is 0 Å². The summed E-state index contributed by atoms with van der Waals surface area (Å²) in [5.74, 6) is 1.12. The minimum atomic E-state index is -0.243. The molecular weight excluding hydrogens is 268 g/mol. The molecule has 0 spiro atoms. The van der Waals surface area contributed by atoms with Gasteiger partial charge in [-0.2, -0.15) is 0 Å². The van der Waals surface area contributed by atoms with Gasteiger partial charge in [-0.15, -0.1) is 0 Å². The Bertz CT molecular complexity index is 512. The Hall–Kier alpha value is -1.78. The molecule has 3 heterocycles. The number of hydrogen-bond donors (Lipinski definition) is 0. The van der Waals surface area contributed by atoms with Crippen LogP contribution in [0.5, 0.6) is 0 Å². The van der Waals surface area contributed by atoms with Crippen molar-refractivity contribution in [3.8, 4) is 0 Å². The lowest BCUT2D eigenvalue weighted by Crippen LogP contribution is -2.51. The quantitative estimate of drug-likeness (QED) is 0.853. The normalized spacial score (nSPS) is 24.7. The van der Waals surface area contributed by atoms with Gasteiger partial charge in [-0.05, 0) is 38.3 Å². The van der Waals surface area contributed by atoms with E-state index in [0.29, 0.717) is 19.4 Å². The zero-order valence-electron chi connectivity index (χ0n) is 12.5. The van der Waals surface area contributed by atoms with E-state index in [9.17, 15) is 9.59 Å². The van der Waals surface area contributed by atoms with Crippen molar-refractivity contribution in [3.05, 3.63) is 24.2 Å². The molecule has 0 bridgehead atoms. The van der Waals surface area contributed by atoms with Crippen molar-refractivity contribution in [1.29, 1.82) is 0 Å². The lowest BCUT2D eigenvalue weighted by atomic mass is 10.0. The molecule has 3 rings (SSSR count). The van der Waals surface area contributed by atoms with Crippen LogP contribution in [0.25, 0.3) is 0 Å². The SMILES string of the molecule is CC(Cc1ccco1)N1CCC(=O)N2CCCCC2C1=O. The molecule has 2 aliphatic heterocycles. The summed E-state index contributed by atoms with van der Waals surface area (Å²) in [6, 6.07) is 3.60. The summed E-state index contributed by atoms with van der Waals surface area (Å²) in [7, 11) is 0. The van der Waals surface area contributed by atoms with E-state index in [-0.39, 0.29) is 23.9 Å². The van der Waals surface area contributed by atoms with Crippen molar-refractivity contribution in [2.75, 3.05) is 13.1 Å². The van der Waals surface area contributed by atoms with Crippen molar-refractivity contribution in [1.82, 2.24) is 9.80 Å². The highest BCUT2D eigenvalue weighted by atomic mass is 16.3. The Morgan fingerprint density at radius 1 is 1.33 bits per heavy atom. The molecule has 114 valence electrons. The highest BCUT2D eigenvalue weighted by molar-refractivity contribution is 5.90. The van der Waals surface area contributed by atoms with Crippen molar-refractivity contribution in [2.45, 2.75) is 51.1 Å². The lowest BCUT2D eigenvalue weighted by molar-refractivity contribution is -0.144. The Morgan fingerprint density at radius 2 is 2.19 bits per heavy atom. The highest BCUT2D eigenvalue weighted by Crippen LogP contribution is 2.24. The number of carbonyl (C=O) groups is 2. The van der Waals surface area contributed by atoms with Gasteiger partial charge in [-0.3, -0.25) is 9.59 Å². The zero-order chi connectivity index (χ0) is 14.8. The summed E-state index contributed by atoms with van der Waals surface area (Å²) in [6.45, 7) is 3.28. The van der Waals surface area contributed by atoms with Gasteiger partial charge in [0, 0.05) is 32.0 Å². The molecule has 21 heavy (non-hydrogen) atoms. The van der Waals surface area contributed by atoms with E-state index in [1.54, 1.807) is 11.2 Å². The van der Waals surface area contributed by atoms with Gasteiger partial charge >= 0.3 is 0 Å². The van der Waals surface area contributed by atoms with Crippen molar-refractivity contribution >= 4 is 11.8 Å². The molecule has 2 aliphatic rings. The molecule has 2 amide bonds. The van der Waals surface area contributed by atoms with Crippen LogP contribution in [0.2, 0.25) is 0 Å². The molecule has 2 unspecified atom stereocenters. The average Bonchev–Trinajstić information content (AvgIpc) is 2.95. The molecule has 0 N–H and O–H groups in total. The molecule has 2 saturated heterocycles. The summed E-state index contributed by atoms with van der Waals surface area (Å²) in [4.78, 5) is 28.7. The first-order valence-electron chi connectivity index (χ1n) is 7.79. The van der Waals surface area contributed by atoms with E-state index < -0.39 is 0 Å². The Balaban J connectivity index is 1.75. The molecule has 0 saturated carbocycles. The third-order valence-corrected chi connectivity index (χ3v) is 4.57. The van der Waals surface area contributed by atoms with Crippen molar-refractivity contribution in [3.63, 3.8) is 0 Å². The van der Waals surface area contributed by atoms with Gasteiger partial charge in [0.25, 0.3) is 0 Å². The summed E-state index contributed by atoms with van der Waals surface area (Å²) in [5, 5.41) is 0. The number of rotatable bonds is 3. The molecule has 1 aromatic heterocycles. The lowest BCUT2D eigenvalue weighted by Gasteiger charge is -2.36. The second-order valence-electron chi connectivity index (χ2n) is 6.01. The number of hydrogen-bond acceptors (Lipinski definition) is 3. The van der Waals surface area contributed by atoms with Gasteiger partial charge in [0.2, 0.25) is 11.8 Å². The maximum absolute atomic E-state index is 12.8. The van der Waals surface area contributed by atoms with E-state index in [1.165, 1.54) is 0 Å². The monoisotopic (exact) mass is 290 g/mol. The van der Waals surface area contributed by atoms with Crippen molar-refractivity contribution in [2.24, 2.45) is 0 Å². The number of piperidine rings is 1. The van der Waals surface area contributed by atoms with Crippen LogP contribution in [0.3, 0.4) is 0 Å². The van der Waals surface area contributed by atoms with Crippen LogP contribution in [-0.4, -0.2) is 46.8 Å². The third-order valence-electron chi connectivity index (χ3n) is 4.57. The predicted molar refractivity (Wildman–Crippen MR) is 77.6 cm³/mol. The summed E-state index contributed by atoms with van der Waals surface area (Å²) >= 11 is 0. The first kappa shape index (κ1) is 14.2. The van der Waals surface area contributed by atoms with E-state index in [0.717, 1.165) is 31.6 Å².